The molecule has 0 bridgehead atoms. The molecule has 22 heavy (non-hydrogen) atoms. The average molecular weight is 361 g/mol. The third kappa shape index (κ3) is 4.35. The maximum absolute atomic E-state index is 11.9. The third-order valence-corrected chi connectivity index (χ3v) is 3.98. The molecule has 0 aliphatic heterocycles. The van der Waals surface area contributed by atoms with E-state index < -0.39 is 16.1 Å². The van der Waals surface area contributed by atoms with Gasteiger partial charge in [-0.2, -0.15) is 8.42 Å². The molecule has 6 nitrogen and oxygen atoms in total. The number of carbonyl (C=O) groups excluding carboxylic acids is 1. The number of urea groups is 1. The Morgan fingerprint density at radius 1 is 1.05 bits per heavy atom. The fourth-order valence-electron chi connectivity index (χ4n) is 1.61. The van der Waals surface area contributed by atoms with Gasteiger partial charge in [0.05, 0.1) is 15.6 Å². The van der Waals surface area contributed by atoms with Crippen molar-refractivity contribution in [3.63, 3.8) is 0 Å². The maximum atomic E-state index is 11.9. The highest BCUT2D eigenvalue weighted by Gasteiger charge is 2.11. The Hall–Kier alpha value is -1.80. The Kier molecular flexibility index (Phi) is 4.92. The fourth-order valence-corrected chi connectivity index (χ4v) is 2.48. The molecule has 0 fully saturated rings. The summed E-state index contributed by atoms with van der Waals surface area (Å²) < 4.78 is 31.0. The molecule has 0 aliphatic rings. The van der Waals surface area contributed by atoms with E-state index in [1.807, 2.05) is 0 Å². The van der Waals surface area contributed by atoms with Crippen molar-refractivity contribution in [2.45, 2.75) is 4.90 Å². The summed E-state index contributed by atoms with van der Waals surface area (Å²) in [5.41, 5.74) is 0.489. The summed E-state index contributed by atoms with van der Waals surface area (Å²) in [7, 11) is -4.34. The van der Waals surface area contributed by atoms with Gasteiger partial charge >= 0.3 is 6.03 Å². The number of hydrogen-bond acceptors (Lipinski definition) is 3. The number of hydrogen-bond donors (Lipinski definition) is 3. The summed E-state index contributed by atoms with van der Waals surface area (Å²) in [6, 6.07) is 9.09. The summed E-state index contributed by atoms with van der Waals surface area (Å²) >= 11 is 11.7. The van der Waals surface area contributed by atoms with Gasteiger partial charge in [0, 0.05) is 10.7 Å². The van der Waals surface area contributed by atoms with Gasteiger partial charge in [-0.3, -0.25) is 4.55 Å². The molecule has 2 aromatic carbocycles. The molecule has 2 amide bonds. The van der Waals surface area contributed by atoms with Crippen LogP contribution in [0.15, 0.2) is 47.4 Å². The lowest BCUT2D eigenvalue weighted by Gasteiger charge is -2.10. The second-order valence-electron chi connectivity index (χ2n) is 4.21. The van der Waals surface area contributed by atoms with Gasteiger partial charge in [0.15, 0.2) is 0 Å². The van der Waals surface area contributed by atoms with Crippen LogP contribution in [-0.4, -0.2) is 19.0 Å². The molecule has 0 spiro atoms. The maximum Gasteiger partial charge on any atom is 0.323 e. The molecule has 0 unspecified atom stereocenters. The van der Waals surface area contributed by atoms with Gasteiger partial charge < -0.3 is 10.6 Å². The van der Waals surface area contributed by atoms with Crippen LogP contribution in [0, 0.1) is 0 Å². The zero-order chi connectivity index (χ0) is 16.3. The molecule has 0 aliphatic carbocycles. The van der Waals surface area contributed by atoms with E-state index in [0.29, 0.717) is 15.7 Å². The van der Waals surface area contributed by atoms with Crippen molar-refractivity contribution in [2.75, 3.05) is 10.6 Å². The second kappa shape index (κ2) is 6.53. The van der Waals surface area contributed by atoms with E-state index in [1.165, 1.54) is 30.3 Å². The van der Waals surface area contributed by atoms with Crippen LogP contribution in [0.1, 0.15) is 0 Å². The van der Waals surface area contributed by atoms with Crippen LogP contribution in [0.5, 0.6) is 0 Å². The first-order chi connectivity index (χ1) is 10.3. The molecule has 0 atom stereocenters. The minimum absolute atomic E-state index is 0.186. The third-order valence-electron chi connectivity index (χ3n) is 2.57. The van der Waals surface area contributed by atoms with E-state index in [9.17, 15) is 13.2 Å². The number of anilines is 2. The van der Waals surface area contributed by atoms with Gasteiger partial charge in [-0.1, -0.05) is 29.3 Å². The summed E-state index contributed by atoms with van der Waals surface area (Å²) in [6.07, 6.45) is 0. The lowest BCUT2D eigenvalue weighted by molar-refractivity contribution is 0.262. The predicted molar refractivity (Wildman–Crippen MR) is 85.4 cm³/mol. The Morgan fingerprint density at radius 2 is 1.77 bits per heavy atom. The predicted octanol–water partition coefficient (Wildman–Crippen LogP) is 3.88. The van der Waals surface area contributed by atoms with Crippen LogP contribution in [0.25, 0.3) is 0 Å². The van der Waals surface area contributed by atoms with Crippen molar-refractivity contribution in [1.29, 1.82) is 0 Å². The average Bonchev–Trinajstić information content (AvgIpc) is 2.42. The monoisotopic (exact) mass is 360 g/mol. The molecule has 3 N–H and O–H groups in total. The lowest BCUT2D eigenvalue weighted by Crippen LogP contribution is -2.19. The lowest BCUT2D eigenvalue weighted by atomic mass is 10.3. The van der Waals surface area contributed by atoms with E-state index in [4.69, 9.17) is 27.8 Å². The van der Waals surface area contributed by atoms with Gasteiger partial charge in [-0.25, -0.2) is 4.79 Å². The van der Waals surface area contributed by atoms with E-state index in [-0.39, 0.29) is 10.6 Å². The Morgan fingerprint density at radius 3 is 2.45 bits per heavy atom. The van der Waals surface area contributed by atoms with Crippen LogP contribution < -0.4 is 10.6 Å². The number of rotatable bonds is 3. The molecule has 0 saturated heterocycles. The molecule has 0 heterocycles. The summed E-state index contributed by atoms with van der Waals surface area (Å²) in [5.74, 6) is 0. The number of carbonyl (C=O) groups is 1. The molecule has 0 saturated carbocycles. The minimum atomic E-state index is -4.34. The first-order valence-corrected chi connectivity index (χ1v) is 8.06. The Labute approximate surface area is 136 Å². The van der Waals surface area contributed by atoms with Gasteiger partial charge in [0.2, 0.25) is 0 Å². The minimum Gasteiger partial charge on any atom is -0.308 e. The van der Waals surface area contributed by atoms with Crippen molar-refractivity contribution in [3.05, 3.63) is 52.5 Å². The Bertz CT molecular complexity index is 825. The normalized spacial score (nSPS) is 11.0. The molecule has 2 aromatic rings. The highest BCUT2D eigenvalue weighted by Crippen LogP contribution is 2.25. The molecule has 0 aromatic heterocycles. The summed E-state index contributed by atoms with van der Waals surface area (Å²) in [5, 5.41) is 5.60. The van der Waals surface area contributed by atoms with Gasteiger partial charge in [0.25, 0.3) is 10.1 Å². The number of nitrogens with one attached hydrogen (secondary N) is 2. The number of halogens is 2. The van der Waals surface area contributed by atoms with Crippen molar-refractivity contribution < 1.29 is 17.8 Å². The van der Waals surface area contributed by atoms with E-state index in [2.05, 4.69) is 10.6 Å². The molecular weight excluding hydrogens is 351 g/mol. The van der Waals surface area contributed by atoms with Crippen LogP contribution >= 0.6 is 23.2 Å². The fraction of sp³-hybridized carbons (Fsp3) is 0. The first-order valence-electron chi connectivity index (χ1n) is 5.86. The van der Waals surface area contributed by atoms with Crippen molar-refractivity contribution >= 4 is 50.7 Å². The SMILES string of the molecule is O=C(Nc1cccc(S(=O)(=O)O)c1)Nc1cc(Cl)ccc1Cl. The number of amides is 2. The van der Waals surface area contributed by atoms with Crippen LogP contribution in [-0.2, 0) is 10.1 Å². The summed E-state index contributed by atoms with van der Waals surface area (Å²) in [4.78, 5) is 11.5. The first kappa shape index (κ1) is 16.6. The van der Waals surface area contributed by atoms with E-state index in [1.54, 1.807) is 6.07 Å². The zero-order valence-electron chi connectivity index (χ0n) is 10.9. The number of benzene rings is 2. The van der Waals surface area contributed by atoms with Crippen molar-refractivity contribution in [3.8, 4) is 0 Å². The van der Waals surface area contributed by atoms with Gasteiger partial charge in [-0.05, 0) is 36.4 Å². The standard InChI is InChI=1S/C13H10Cl2N2O4S/c14-8-4-5-11(15)12(6-8)17-13(18)16-9-2-1-3-10(7-9)22(19,20)21/h1-7H,(H2,16,17,18)(H,19,20,21). The second-order valence-corrected chi connectivity index (χ2v) is 6.47. The highest BCUT2D eigenvalue weighted by molar-refractivity contribution is 7.85. The molecular formula is C13H10Cl2N2O4S. The van der Waals surface area contributed by atoms with Crippen LogP contribution in [0.3, 0.4) is 0 Å². The quantitative estimate of drug-likeness (QED) is 0.723. The largest absolute Gasteiger partial charge is 0.323 e. The van der Waals surface area contributed by atoms with Crippen LogP contribution in [0.2, 0.25) is 10.0 Å². The van der Waals surface area contributed by atoms with Gasteiger partial charge in [-0.15, -0.1) is 0 Å². The zero-order valence-corrected chi connectivity index (χ0v) is 13.2. The smallest absolute Gasteiger partial charge is 0.308 e. The topological polar surface area (TPSA) is 95.5 Å². The van der Waals surface area contributed by atoms with E-state index in [0.717, 1.165) is 6.07 Å². The van der Waals surface area contributed by atoms with Crippen molar-refractivity contribution in [1.82, 2.24) is 0 Å². The van der Waals surface area contributed by atoms with Gasteiger partial charge in [0.1, 0.15) is 0 Å². The van der Waals surface area contributed by atoms with Crippen LogP contribution in [0.4, 0.5) is 16.2 Å². The highest BCUT2D eigenvalue weighted by atomic mass is 35.5. The molecule has 116 valence electrons. The Balaban J connectivity index is 2.14. The summed E-state index contributed by atoms with van der Waals surface area (Å²) in [6.45, 7) is 0. The van der Waals surface area contributed by atoms with Crippen molar-refractivity contribution in [2.24, 2.45) is 0 Å². The molecule has 0 radical (unpaired) electrons. The van der Waals surface area contributed by atoms with E-state index >= 15 is 0 Å². The molecule has 9 heteroatoms. The molecule has 2 rings (SSSR count).